The van der Waals surface area contributed by atoms with Gasteiger partial charge in [0.25, 0.3) is 0 Å². The molecule has 0 aliphatic heterocycles. The third-order valence-corrected chi connectivity index (χ3v) is 2.89. The topological polar surface area (TPSA) is 44.5 Å². The van der Waals surface area contributed by atoms with Crippen LogP contribution in [0.5, 0.6) is 11.5 Å². The van der Waals surface area contributed by atoms with Crippen molar-refractivity contribution in [2.24, 2.45) is 0 Å². The Kier molecular flexibility index (Phi) is 4.53. The SMILES string of the molecule is Cc1ccc(N)cc1OCCOc1ccc(Cl)cc1. The lowest BCUT2D eigenvalue weighted by atomic mass is 10.2. The van der Waals surface area contributed by atoms with Crippen LogP contribution in [0.2, 0.25) is 5.02 Å². The Morgan fingerprint density at radius 1 is 1.00 bits per heavy atom. The van der Waals surface area contributed by atoms with Crippen LogP contribution in [0.1, 0.15) is 5.56 Å². The van der Waals surface area contributed by atoms with Crippen LogP contribution in [0.4, 0.5) is 5.69 Å². The predicted molar refractivity (Wildman–Crippen MR) is 78.0 cm³/mol. The lowest BCUT2D eigenvalue weighted by molar-refractivity contribution is 0.216. The molecule has 3 nitrogen and oxygen atoms in total. The second kappa shape index (κ2) is 6.34. The van der Waals surface area contributed by atoms with E-state index in [-0.39, 0.29) is 0 Å². The van der Waals surface area contributed by atoms with Crippen LogP contribution in [-0.4, -0.2) is 13.2 Å². The zero-order chi connectivity index (χ0) is 13.7. The highest BCUT2D eigenvalue weighted by atomic mass is 35.5. The number of hydrogen-bond acceptors (Lipinski definition) is 3. The fourth-order valence-corrected chi connectivity index (χ4v) is 1.74. The molecule has 0 saturated carbocycles. The van der Waals surface area contributed by atoms with Gasteiger partial charge >= 0.3 is 0 Å². The van der Waals surface area contributed by atoms with Crippen molar-refractivity contribution in [3.8, 4) is 11.5 Å². The quantitative estimate of drug-likeness (QED) is 0.670. The first-order chi connectivity index (χ1) is 9.15. The fraction of sp³-hybridized carbons (Fsp3) is 0.200. The molecule has 2 aromatic rings. The van der Waals surface area contributed by atoms with Crippen molar-refractivity contribution in [1.82, 2.24) is 0 Å². The van der Waals surface area contributed by atoms with Crippen LogP contribution >= 0.6 is 11.6 Å². The number of aryl methyl sites for hydroxylation is 1. The zero-order valence-corrected chi connectivity index (χ0v) is 11.5. The summed E-state index contributed by atoms with van der Waals surface area (Å²) in [6.07, 6.45) is 0. The van der Waals surface area contributed by atoms with Crippen LogP contribution in [-0.2, 0) is 0 Å². The number of benzene rings is 2. The van der Waals surface area contributed by atoms with E-state index in [9.17, 15) is 0 Å². The fourth-order valence-electron chi connectivity index (χ4n) is 1.61. The number of nitrogen functional groups attached to an aromatic ring is 1. The van der Waals surface area contributed by atoms with E-state index in [1.165, 1.54) is 0 Å². The number of hydrogen-bond donors (Lipinski definition) is 1. The molecule has 2 N–H and O–H groups in total. The Hall–Kier alpha value is -1.87. The molecule has 0 amide bonds. The lowest BCUT2D eigenvalue weighted by Crippen LogP contribution is -2.09. The van der Waals surface area contributed by atoms with Crippen LogP contribution in [0.3, 0.4) is 0 Å². The van der Waals surface area contributed by atoms with Crippen molar-refractivity contribution in [3.05, 3.63) is 53.1 Å². The molecule has 4 heteroatoms. The second-order valence-corrected chi connectivity index (χ2v) is 4.61. The van der Waals surface area contributed by atoms with Crippen molar-refractivity contribution in [3.63, 3.8) is 0 Å². The van der Waals surface area contributed by atoms with E-state index in [0.717, 1.165) is 17.1 Å². The Balaban J connectivity index is 1.80. The van der Waals surface area contributed by atoms with Gasteiger partial charge in [0, 0.05) is 16.8 Å². The predicted octanol–water partition coefficient (Wildman–Crippen LogP) is 3.69. The summed E-state index contributed by atoms with van der Waals surface area (Å²) in [6.45, 7) is 2.91. The first-order valence-corrected chi connectivity index (χ1v) is 6.40. The molecule has 2 rings (SSSR count). The van der Waals surface area contributed by atoms with Gasteiger partial charge in [-0.05, 0) is 42.8 Å². The van der Waals surface area contributed by atoms with E-state index in [1.54, 1.807) is 12.1 Å². The molecule has 0 spiro atoms. The molecule has 0 aliphatic carbocycles. The Labute approximate surface area is 117 Å². The maximum Gasteiger partial charge on any atom is 0.124 e. The van der Waals surface area contributed by atoms with Gasteiger partial charge in [0.05, 0.1) is 0 Å². The molecule has 2 aromatic carbocycles. The van der Waals surface area contributed by atoms with E-state index in [1.807, 2.05) is 37.3 Å². The molecule has 0 radical (unpaired) electrons. The Morgan fingerprint density at radius 2 is 1.68 bits per heavy atom. The smallest absolute Gasteiger partial charge is 0.124 e. The van der Waals surface area contributed by atoms with Gasteiger partial charge in [-0.3, -0.25) is 0 Å². The van der Waals surface area contributed by atoms with Crippen molar-refractivity contribution in [1.29, 1.82) is 0 Å². The third kappa shape index (κ3) is 4.07. The van der Waals surface area contributed by atoms with Crippen LogP contribution in [0.25, 0.3) is 0 Å². The molecule has 0 unspecified atom stereocenters. The van der Waals surface area contributed by atoms with Crippen LogP contribution < -0.4 is 15.2 Å². The van der Waals surface area contributed by atoms with Gasteiger partial charge in [0.2, 0.25) is 0 Å². The molecule has 0 aromatic heterocycles. The van der Waals surface area contributed by atoms with Gasteiger partial charge in [-0.25, -0.2) is 0 Å². The highest BCUT2D eigenvalue weighted by Gasteiger charge is 2.00. The van der Waals surface area contributed by atoms with Gasteiger partial charge < -0.3 is 15.2 Å². The summed E-state index contributed by atoms with van der Waals surface area (Å²) < 4.78 is 11.2. The third-order valence-electron chi connectivity index (χ3n) is 2.64. The molecule has 0 fully saturated rings. The molecule has 100 valence electrons. The summed E-state index contributed by atoms with van der Waals surface area (Å²) in [7, 11) is 0. The second-order valence-electron chi connectivity index (χ2n) is 4.18. The summed E-state index contributed by atoms with van der Waals surface area (Å²) >= 11 is 5.79. The minimum Gasteiger partial charge on any atom is -0.490 e. The van der Waals surface area contributed by atoms with E-state index < -0.39 is 0 Å². The van der Waals surface area contributed by atoms with E-state index in [4.69, 9.17) is 26.8 Å². The van der Waals surface area contributed by atoms with Crippen molar-refractivity contribution in [2.75, 3.05) is 18.9 Å². The first kappa shape index (κ1) is 13.6. The first-order valence-electron chi connectivity index (χ1n) is 6.02. The number of nitrogens with two attached hydrogens (primary N) is 1. The average molecular weight is 278 g/mol. The summed E-state index contributed by atoms with van der Waals surface area (Å²) in [5, 5.41) is 0.694. The minimum atomic E-state index is 0.465. The summed E-state index contributed by atoms with van der Waals surface area (Å²) in [5.41, 5.74) is 7.46. The molecule has 19 heavy (non-hydrogen) atoms. The summed E-state index contributed by atoms with van der Waals surface area (Å²) in [6, 6.07) is 12.8. The molecule has 0 aliphatic rings. The average Bonchev–Trinajstić information content (AvgIpc) is 2.40. The Morgan fingerprint density at radius 3 is 2.42 bits per heavy atom. The maximum atomic E-state index is 5.79. The number of anilines is 1. The minimum absolute atomic E-state index is 0.465. The number of ether oxygens (including phenoxy) is 2. The molecule has 0 atom stereocenters. The van der Waals surface area contributed by atoms with Gasteiger partial charge in [-0.1, -0.05) is 17.7 Å². The number of halogens is 1. The highest BCUT2D eigenvalue weighted by molar-refractivity contribution is 6.30. The number of rotatable bonds is 5. The molecule has 0 bridgehead atoms. The summed E-state index contributed by atoms with van der Waals surface area (Å²) in [5.74, 6) is 1.57. The molecule has 0 saturated heterocycles. The normalized spacial score (nSPS) is 10.2. The molecule has 0 heterocycles. The molecular weight excluding hydrogens is 262 g/mol. The standard InChI is InChI=1S/C15H16ClNO2/c1-11-2-5-13(17)10-15(11)19-9-8-18-14-6-3-12(16)4-7-14/h2-7,10H,8-9,17H2,1H3. The van der Waals surface area contributed by atoms with E-state index >= 15 is 0 Å². The lowest BCUT2D eigenvalue weighted by Gasteiger charge is -2.11. The monoisotopic (exact) mass is 277 g/mol. The van der Waals surface area contributed by atoms with Gasteiger partial charge in [0.15, 0.2) is 0 Å². The van der Waals surface area contributed by atoms with Crippen molar-refractivity contribution < 1.29 is 9.47 Å². The molecular formula is C15H16ClNO2. The van der Waals surface area contributed by atoms with Crippen LogP contribution in [0.15, 0.2) is 42.5 Å². The van der Waals surface area contributed by atoms with Crippen molar-refractivity contribution >= 4 is 17.3 Å². The van der Waals surface area contributed by atoms with Crippen LogP contribution in [0, 0.1) is 6.92 Å². The van der Waals surface area contributed by atoms with Crippen molar-refractivity contribution in [2.45, 2.75) is 6.92 Å². The maximum absolute atomic E-state index is 5.79. The largest absolute Gasteiger partial charge is 0.490 e. The van der Waals surface area contributed by atoms with Gasteiger partial charge in [0.1, 0.15) is 24.7 Å². The van der Waals surface area contributed by atoms with E-state index in [0.29, 0.717) is 23.9 Å². The van der Waals surface area contributed by atoms with Gasteiger partial charge in [-0.2, -0.15) is 0 Å². The van der Waals surface area contributed by atoms with E-state index in [2.05, 4.69) is 0 Å². The summed E-state index contributed by atoms with van der Waals surface area (Å²) in [4.78, 5) is 0. The Bertz CT molecular complexity index is 540. The van der Waals surface area contributed by atoms with Gasteiger partial charge in [-0.15, -0.1) is 0 Å². The zero-order valence-electron chi connectivity index (χ0n) is 10.7. The highest BCUT2D eigenvalue weighted by Crippen LogP contribution is 2.20.